The molecule has 1 aromatic heterocycles. The number of nitrogens with one attached hydrogen (secondary N) is 2. The Morgan fingerprint density at radius 1 is 1.07 bits per heavy atom. The van der Waals surface area contributed by atoms with E-state index in [9.17, 15) is 9.59 Å². The molecule has 0 aliphatic heterocycles. The summed E-state index contributed by atoms with van der Waals surface area (Å²) >= 11 is 0. The third-order valence-corrected chi connectivity index (χ3v) is 4.14. The fourth-order valence-electron chi connectivity index (χ4n) is 2.73. The molecular weight excluding hydrogens is 344 g/mol. The van der Waals surface area contributed by atoms with Gasteiger partial charge in [-0.05, 0) is 33.7 Å². The van der Waals surface area contributed by atoms with E-state index in [1.165, 1.54) is 11.0 Å². The zero-order valence-corrected chi connectivity index (χ0v) is 14.9. The number of tetrazole rings is 1. The van der Waals surface area contributed by atoms with Gasteiger partial charge in [-0.1, -0.05) is 42.5 Å². The molecule has 8 heteroatoms. The first-order valence-corrected chi connectivity index (χ1v) is 8.52. The summed E-state index contributed by atoms with van der Waals surface area (Å²) in [7, 11) is 1.58. The van der Waals surface area contributed by atoms with Crippen molar-refractivity contribution in [2.75, 3.05) is 7.05 Å². The van der Waals surface area contributed by atoms with Crippen LogP contribution in [0.2, 0.25) is 0 Å². The summed E-state index contributed by atoms with van der Waals surface area (Å²) in [5, 5.41) is 16.6. The highest BCUT2D eigenvalue weighted by molar-refractivity contribution is 5.94. The first kappa shape index (κ1) is 18.2. The Kier molecular flexibility index (Phi) is 5.88. The summed E-state index contributed by atoms with van der Waals surface area (Å²) in [5.41, 5.74) is 2.39. The molecule has 0 saturated carbocycles. The minimum atomic E-state index is -0.565. The standard InChI is InChI=1S/C19H20N6O2/c1-20-18(26)16-9-5-8-15(10-16)12-21-19(27)17(25-13-22-23-24-25)11-14-6-3-2-4-7-14/h2-10,13,17H,11-12H2,1H3,(H,20,26)(H,21,27). The fourth-order valence-corrected chi connectivity index (χ4v) is 2.73. The average molecular weight is 364 g/mol. The molecule has 0 aliphatic rings. The Hall–Kier alpha value is -3.55. The highest BCUT2D eigenvalue weighted by Gasteiger charge is 2.22. The van der Waals surface area contributed by atoms with Crippen LogP contribution in [-0.2, 0) is 17.8 Å². The number of carbonyl (C=O) groups excluding carboxylic acids is 2. The highest BCUT2D eigenvalue weighted by Crippen LogP contribution is 2.14. The third-order valence-electron chi connectivity index (χ3n) is 4.14. The van der Waals surface area contributed by atoms with Gasteiger partial charge in [-0.25, -0.2) is 4.68 Å². The van der Waals surface area contributed by atoms with Crippen molar-refractivity contribution in [2.24, 2.45) is 0 Å². The molecule has 2 aromatic carbocycles. The van der Waals surface area contributed by atoms with Gasteiger partial charge in [-0.3, -0.25) is 9.59 Å². The van der Waals surface area contributed by atoms with Crippen molar-refractivity contribution in [1.82, 2.24) is 30.8 Å². The number of rotatable bonds is 7. The smallest absolute Gasteiger partial charge is 0.251 e. The molecule has 3 rings (SSSR count). The van der Waals surface area contributed by atoms with Crippen LogP contribution in [0.5, 0.6) is 0 Å². The Morgan fingerprint density at radius 2 is 1.85 bits per heavy atom. The van der Waals surface area contributed by atoms with Crippen LogP contribution in [0, 0.1) is 0 Å². The van der Waals surface area contributed by atoms with Crippen molar-refractivity contribution in [3.05, 3.63) is 77.6 Å². The molecule has 138 valence electrons. The highest BCUT2D eigenvalue weighted by atomic mass is 16.2. The maximum Gasteiger partial charge on any atom is 0.251 e. The molecule has 27 heavy (non-hydrogen) atoms. The van der Waals surface area contributed by atoms with Crippen molar-refractivity contribution < 1.29 is 9.59 Å². The van der Waals surface area contributed by atoms with E-state index in [1.807, 2.05) is 36.4 Å². The van der Waals surface area contributed by atoms with Crippen molar-refractivity contribution in [3.8, 4) is 0 Å². The van der Waals surface area contributed by atoms with Crippen LogP contribution in [0.1, 0.15) is 27.5 Å². The molecule has 1 unspecified atom stereocenters. The van der Waals surface area contributed by atoms with E-state index in [2.05, 4.69) is 26.2 Å². The number of amides is 2. The van der Waals surface area contributed by atoms with E-state index in [4.69, 9.17) is 0 Å². The van der Waals surface area contributed by atoms with E-state index in [-0.39, 0.29) is 11.8 Å². The Morgan fingerprint density at radius 3 is 2.56 bits per heavy atom. The van der Waals surface area contributed by atoms with Gasteiger partial charge in [0, 0.05) is 25.6 Å². The maximum absolute atomic E-state index is 12.8. The average Bonchev–Trinajstić information content (AvgIpc) is 3.25. The van der Waals surface area contributed by atoms with Crippen LogP contribution in [-0.4, -0.2) is 39.1 Å². The van der Waals surface area contributed by atoms with Gasteiger partial charge in [0.05, 0.1) is 0 Å². The van der Waals surface area contributed by atoms with Crippen LogP contribution < -0.4 is 10.6 Å². The predicted molar refractivity (Wildman–Crippen MR) is 98.7 cm³/mol. The second-order valence-corrected chi connectivity index (χ2v) is 5.99. The number of hydrogen-bond donors (Lipinski definition) is 2. The van der Waals surface area contributed by atoms with Gasteiger partial charge in [0.1, 0.15) is 12.4 Å². The van der Waals surface area contributed by atoms with Crippen LogP contribution in [0.25, 0.3) is 0 Å². The molecule has 0 spiro atoms. The molecule has 1 heterocycles. The minimum absolute atomic E-state index is 0.168. The number of carbonyl (C=O) groups is 2. The van der Waals surface area contributed by atoms with E-state index in [0.717, 1.165) is 11.1 Å². The molecule has 2 N–H and O–H groups in total. The second-order valence-electron chi connectivity index (χ2n) is 5.99. The Labute approximate surface area is 156 Å². The molecule has 2 amide bonds. The molecule has 0 saturated heterocycles. The first-order chi connectivity index (χ1) is 13.2. The van der Waals surface area contributed by atoms with Gasteiger partial charge >= 0.3 is 0 Å². The van der Waals surface area contributed by atoms with Crippen LogP contribution in [0.4, 0.5) is 0 Å². The summed E-state index contributed by atoms with van der Waals surface area (Å²) in [6, 6.07) is 16.2. The quantitative estimate of drug-likeness (QED) is 0.654. The molecule has 0 radical (unpaired) electrons. The SMILES string of the molecule is CNC(=O)c1cccc(CNC(=O)C(Cc2ccccc2)n2cnnn2)c1. The van der Waals surface area contributed by atoms with Gasteiger partial charge in [0.15, 0.2) is 0 Å². The van der Waals surface area contributed by atoms with E-state index in [0.29, 0.717) is 18.5 Å². The van der Waals surface area contributed by atoms with Gasteiger partial charge in [0.25, 0.3) is 5.91 Å². The lowest BCUT2D eigenvalue weighted by Gasteiger charge is -2.16. The fraction of sp³-hybridized carbons (Fsp3) is 0.211. The normalized spacial score (nSPS) is 11.6. The number of hydrogen-bond acceptors (Lipinski definition) is 5. The minimum Gasteiger partial charge on any atom is -0.355 e. The molecule has 0 fully saturated rings. The molecule has 1 atom stereocenters. The summed E-state index contributed by atoms with van der Waals surface area (Å²) in [6.45, 7) is 0.303. The summed E-state index contributed by atoms with van der Waals surface area (Å²) < 4.78 is 1.45. The first-order valence-electron chi connectivity index (χ1n) is 8.52. The molecule has 3 aromatic rings. The van der Waals surface area contributed by atoms with Gasteiger partial charge in [0.2, 0.25) is 5.91 Å². The number of aromatic nitrogens is 4. The third kappa shape index (κ3) is 4.75. The molecular formula is C19H20N6O2. The Bertz CT molecular complexity index is 896. The largest absolute Gasteiger partial charge is 0.355 e. The van der Waals surface area contributed by atoms with Gasteiger partial charge < -0.3 is 10.6 Å². The molecule has 8 nitrogen and oxygen atoms in total. The summed E-state index contributed by atoms with van der Waals surface area (Å²) in [5.74, 6) is -0.365. The monoisotopic (exact) mass is 364 g/mol. The maximum atomic E-state index is 12.8. The topological polar surface area (TPSA) is 102 Å². The van der Waals surface area contributed by atoms with Crippen molar-refractivity contribution >= 4 is 11.8 Å². The number of nitrogens with zero attached hydrogens (tertiary/aromatic N) is 4. The zero-order valence-electron chi connectivity index (χ0n) is 14.9. The predicted octanol–water partition coefficient (Wildman–Crippen LogP) is 1.13. The zero-order chi connectivity index (χ0) is 19.1. The summed E-state index contributed by atoms with van der Waals surface area (Å²) in [4.78, 5) is 24.5. The summed E-state index contributed by atoms with van der Waals surface area (Å²) in [6.07, 6.45) is 1.90. The second kappa shape index (κ2) is 8.70. The van der Waals surface area contributed by atoms with Crippen LogP contribution in [0.3, 0.4) is 0 Å². The molecule has 0 aliphatic carbocycles. The van der Waals surface area contributed by atoms with Gasteiger partial charge in [-0.15, -0.1) is 5.10 Å². The van der Waals surface area contributed by atoms with Crippen LogP contribution >= 0.6 is 0 Å². The lowest BCUT2D eigenvalue weighted by atomic mass is 10.1. The van der Waals surface area contributed by atoms with Crippen LogP contribution in [0.15, 0.2) is 60.9 Å². The van der Waals surface area contributed by atoms with Crippen molar-refractivity contribution in [2.45, 2.75) is 19.0 Å². The van der Waals surface area contributed by atoms with E-state index in [1.54, 1.807) is 25.2 Å². The Balaban J connectivity index is 1.71. The molecule has 0 bridgehead atoms. The van der Waals surface area contributed by atoms with E-state index < -0.39 is 6.04 Å². The van der Waals surface area contributed by atoms with Crippen molar-refractivity contribution in [3.63, 3.8) is 0 Å². The van der Waals surface area contributed by atoms with E-state index >= 15 is 0 Å². The lowest BCUT2D eigenvalue weighted by molar-refractivity contribution is -0.124. The lowest BCUT2D eigenvalue weighted by Crippen LogP contribution is -2.34. The van der Waals surface area contributed by atoms with Gasteiger partial charge in [-0.2, -0.15) is 0 Å². The van der Waals surface area contributed by atoms with Crippen molar-refractivity contribution in [1.29, 1.82) is 0 Å². The number of benzene rings is 2.